The molecule has 0 saturated heterocycles. The minimum Gasteiger partial charge on any atom is -0.385 e. The second kappa shape index (κ2) is 9.78. The summed E-state index contributed by atoms with van der Waals surface area (Å²) in [5.41, 5.74) is 1.58. The normalized spacial score (nSPS) is 16.1. The number of nitrogens with zero attached hydrogens (tertiary/aromatic N) is 2. The molecule has 0 spiro atoms. The standard InChI is InChI=1S/C16H28N4OS.HI/c1-12(2)13-10-22-14(20-13)9-18-15(17-3)19-11-16(5-6-16)7-8-21-4;/h10,12H,5-9,11H2,1-4H3,(H2,17,18,19);1H. The molecule has 0 bridgehead atoms. The van der Waals surface area contributed by atoms with Crippen LogP contribution in [0.25, 0.3) is 0 Å². The van der Waals surface area contributed by atoms with Gasteiger partial charge < -0.3 is 15.4 Å². The molecule has 5 nitrogen and oxygen atoms in total. The molecule has 0 aliphatic heterocycles. The van der Waals surface area contributed by atoms with Crippen molar-refractivity contribution in [2.75, 3.05) is 27.3 Å². The number of rotatable bonds is 8. The zero-order chi connectivity index (χ0) is 16.0. The molecule has 1 aliphatic rings. The third-order valence-corrected chi connectivity index (χ3v) is 5.08. The number of guanidine groups is 1. The van der Waals surface area contributed by atoms with Crippen molar-refractivity contribution >= 4 is 41.3 Å². The number of methoxy groups -OCH3 is 1. The third kappa shape index (κ3) is 6.54. The fourth-order valence-corrected chi connectivity index (χ4v) is 3.23. The molecule has 1 saturated carbocycles. The Morgan fingerprint density at radius 3 is 2.70 bits per heavy atom. The van der Waals surface area contributed by atoms with Gasteiger partial charge in [0.2, 0.25) is 0 Å². The number of hydrogen-bond donors (Lipinski definition) is 2. The van der Waals surface area contributed by atoms with Crippen LogP contribution in [0.5, 0.6) is 0 Å². The van der Waals surface area contributed by atoms with Gasteiger partial charge in [0.05, 0.1) is 12.2 Å². The third-order valence-electron chi connectivity index (χ3n) is 4.22. The van der Waals surface area contributed by atoms with Crippen LogP contribution in [-0.2, 0) is 11.3 Å². The summed E-state index contributed by atoms with van der Waals surface area (Å²) in [5.74, 6) is 1.34. The van der Waals surface area contributed by atoms with Crippen molar-refractivity contribution in [1.82, 2.24) is 15.6 Å². The molecule has 1 aromatic rings. The van der Waals surface area contributed by atoms with Crippen molar-refractivity contribution in [2.24, 2.45) is 10.4 Å². The lowest BCUT2D eigenvalue weighted by atomic mass is 10.0. The van der Waals surface area contributed by atoms with Gasteiger partial charge in [0.25, 0.3) is 0 Å². The fourth-order valence-electron chi connectivity index (χ4n) is 2.33. The molecule has 1 heterocycles. The first-order chi connectivity index (χ1) is 10.6. The zero-order valence-corrected chi connectivity index (χ0v) is 17.7. The van der Waals surface area contributed by atoms with Gasteiger partial charge in [-0.2, -0.15) is 0 Å². The Labute approximate surface area is 160 Å². The topological polar surface area (TPSA) is 58.5 Å². The highest BCUT2D eigenvalue weighted by Crippen LogP contribution is 2.48. The van der Waals surface area contributed by atoms with Gasteiger partial charge in [-0.3, -0.25) is 4.99 Å². The van der Waals surface area contributed by atoms with Crippen LogP contribution in [-0.4, -0.2) is 38.3 Å². The first kappa shape index (κ1) is 20.6. The lowest BCUT2D eigenvalue weighted by Gasteiger charge is -2.17. The minimum absolute atomic E-state index is 0. The molecule has 1 aliphatic carbocycles. The minimum atomic E-state index is 0. The highest BCUT2D eigenvalue weighted by atomic mass is 127. The predicted octanol–water partition coefficient (Wildman–Crippen LogP) is 3.37. The maximum Gasteiger partial charge on any atom is 0.191 e. The smallest absolute Gasteiger partial charge is 0.191 e. The Kier molecular flexibility index (Phi) is 8.78. The molecule has 1 fully saturated rings. The van der Waals surface area contributed by atoms with E-state index in [-0.39, 0.29) is 24.0 Å². The molecule has 132 valence electrons. The average molecular weight is 452 g/mol. The first-order valence-corrected chi connectivity index (χ1v) is 8.84. The van der Waals surface area contributed by atoms with Crippen LogP contribution >= 0.6 is 35.3 Å². The first-order valence-electron chi connectivity index (χ1n) is 7.96. The average Bonchev–Trinajstić information content (AvgIpc) is 3.11. The Hall–Kier alpha value is -0.410. The molecular weight excluding hydrogens is 423 g/mol. The Bertz CT molecular complexity index is 500. The van der Waals surface area contributed by atoms with Crippen LogP contribution in [0, 0.1) is 5.41 Å². The van der Waals surface area contributed by atoms with Crippen LogP contribution in [0.15, 0.2) is 10.4 Å². The van der Waals surface area contributed by atoms with Crippen LogP contribution in [0.4, 0.5) is 0 Å². The van der Waals surface area contributed by atoms with E-state index in [0.29, 0.717) is 11.3 Å². The Morgan fingerprint density at radius 1 is 1.43 bits per heavy atom. The van der Waals surface area contributed by atoms with Crippen LogP contribution < -0.4 is 10.6 Å². The van der Waals surface area contributed by atoms with Crippen molar-refractivity contribution in [1.29, 1.82) is 0 Å². The lowest BCUT2D eigenvalue weighted by molar-refractivity contribution is 0.172. The number of halogens is 1. The van der Waals surface area contributed by atoms with Crippen LogP contribution in [0.3, 0.4) is 0 Å². The highest BCUT2D eigenvalue weighted by molar-refractivity contribution is 14.0. The van der Waals surface area contributed by atoms with E-state index >= 15 is 0 Å². The van der Waals surface area contributed by atoms with E-state index in [0.717, 1.165) is 37.1 Å². The number of nitrogens with one attached hydrogen (secondary N) is 2. The van der Waals surface area contributed by atoms with E-state index < -0.39 is 0 Å². The van der Waals surface area contributed by atoms with Crippen molar-refractivity contribution in [3.8, 4) is 0 Å². The second-order valence-corrected chi connectivity index (χ2v) is 7.29. The van der Waals surface area contributed by atoms with Crippen molar-refractivity contribution in [2.45, 2.75) is 45.6 Å². The second-order valence-electron chi connectivity index (χ2n) is 6.34. The Balaban J connectivity index is 0.00000264. The molecule has 2 N–H and O–H groups in total. The van der Waals surface area contributed by atoms with Gasteiger partial charge in [-0.1, -0.05) is 13.8 Å². The zero-order valence-electron chi connectivity index (χ0n) is 14.5. The maximum atomic E-state index is 5.20. The van der Waals surface area contributed by atoms with Gasteiger partial charge >= 0.3 is 0 Å². The molecule has 23 heavy (non-hydrogen) atoms. The molecule has 0 unspecified atom stereocenters. The Morgan fingerprint density at radius 2 is 2.17 bits per heavy atom. The number of hydrogen-bond acceptors (Lipinski definition) is 4. The van der Waals surface area contributed by atoms with E-state index in [2.05, 4.69) is 39.8 Å². The molecule has 7 heteroatoms. The summed E-state index contributed by atoms with van der Waals surface area (Å²) >= 11 is 1.70. The van der Waals surface area contributed by atoms with E-state index in [1.165, 1.54) is 18.5 Å². The molecule has 0 amide bonds. The number of ether oxygens (including phenoxy) is 1. The summed E-state index contributed by atoms with van der Waals surface area (Å²) in [6.45, 7) is 6.86. The van der Waals surface area contributed by atoms with Gasteiger partial charge in [0.1, 0.15) is 5.01 Å². The van der Waals surface area contributed by atoms with Crippen molar-refractivity contribution in [3.05, 3.63) is 16.1 Å². The number of aromatic nitrogens is 1. The van der Waals surface area contributed by atoms with E-state index in [1.807, 2.05) is 7.05 Å². The summed E-state index contributed by atoms with van der Waals surface area (Å²) in [6.07, 6.45) is 3.69. The number of aliphatic imine (C=N–C) groups is 1. The molecule has 0 radical (unpaired) electrons. The molecule has 0 atom stereocenters. The van der Waals surface area contributed by atoms with Gasteiger partial charge in [-0.25, -0.2) is 4.98 Å². The predicted molar refractivity (Wildman–Crippen MR) is 108 cm³/mol. The van der Waals surface area contributed by atoms with Gasteiger partial charge in [0.15, 0.2) is 5.96 Å². The highest BCUT2D eigenvalue weighted by Gasteiger charge is 2.41. The fraction of sp³-hybridized carbons (Fsp3) is 0.750. The van der Waals surface area contributed by atoms with E-state index in [4.69, 9.17) is 4.74 Å². The number of thiazole rings is 1. The molecule has 2 rings (SSSR count). The summed E-state index contributed by atoms with van der Waals surface area (Å²) in [4.78, 5) is 8.93. The summed E-state index contributed by atoms with van der Waals surface area (Å²) in [5, 5.41) is 10.0. The summed E-state index contributed by atoms with van der Waals surface area (Å²) < 4.78 is 5.20. The molecular formula is C16H29IN4OS. The monoisotopic (exact) mass is 452 g/mol. The van der Waals surface area contributed by atoms with Gasteiger partial charge in [-0.15, -0.1) is 35.3 Å². The van der Waals surface area contributed by atoms with Crippen molar-refractivity contribution in [3.63, 3.8) is 0 Å². The van der Waals surface area contributed by atoms with Crippen molar-refractivity contribution < 1.29 is 4.74 Å². The van der Waals surface area contributed by atoms with Crippen LogP contribution in [0.1, 0.15) is 49.7 Å². The maximum absolute atomic E-state index is 5.20. The van der Waals surface area contributed by atoms with Gasteiger partial charge in [-0.05, 0) is 30.6 Å². The quantitative estimate of drug-likeness (QED) is 0.361. The van der Waals surface area contributed by atoms with Gasteiger partial charge in [0, 0.05) is 32.7 Å². The summed E-state index contributed by atoms with van der Waals surface area (Å²) in [6, 6.07) is 0. The lowest BCUT2D eigenvalue weighted by Crippen LogP contribution is -2.40. The SMILES string of the molecule is CN=C(NCc1nc(C(C)C)cs1)NCC1(CCOC)CC1.I. The van der Waals surface area contributed by atoms with E-state index in [9.17, 15) is 0 Å². The molecule has 1 aromatic heterocycles. The molecule has 0 aromatic carbocycles. The largest absolute Gasteiger partial charge is 0.385 e. The van der Waals surface area contributed by atoms with Crippen LogP contribution in [0.2, 0.25) is 0 Å². The van der Waals surface area contributed by atoms with E-state index in [1.54, 1.807) is 18.4 Å². The summed E-state index contributed by atoms with van der Waals surface area (Å²) in [7, 11) is 3.58.